The molecule has 0 bridgehead atoms. The average molecular weight is 258 g/mol. The van der Waals surface area contributed by atoms with Crippen molar-refractivity contribution in [2.24, 2.45) is 5.41 Å². The van der Waals surface area contributed by atoms with Gasteiger partial charge in [-0.1, -0.05) is 20.8 Å². The van der Waals surface area contributed by atoms with Crippen LogP contribution in [0.5, 0.6) is 0 Å². The predicted molar refractivity (Wildman–Crippen MR) is 54.5 cm³/mol. The van der Waals surface area contributed by atoms with E-state index >= 15 is 0 Å². The number of carboxylic acids is 3. The molecule has 0 aromatic carbocycles. The molecule has 18 heavy (non-hydrogen) atoms. The summed E-state index contributed by atoms with van der Waals surface area (Å²) in [5.74, 6) is -4.64. The first-order valence-electron chi connectivity index (χ1n) is 5.37. The Kier molecular flexibility index (Phi) is 5.77. The van der Waals surface area contributed by atoms with Crippen LogP contribution in [0.4, 0.5) is 0 Å². The maximum absolute atomic E-state index is 11.0. The van der Waals surface area contributed by atoms with Gasteiger partial charge in [0.2, 0.25) is 0 Å². The Morgan fingerprint density at radius 3 is 1.61 bits per heavy atom. The van der Waals surface area contributed by atoms with Gasteiger partial charge in [-0.2, -0.15) is 0 Å². The molecule has 1 unspecified atom stereocenters. The second-order valence-corrected chi connectivity index (χ2v) is 5.25. The van der Waals surface area contributed by atoms with Gasteiger partial charge in [0.15, 0.2) is 0 Å². The van der Waals surface area contributed by atoms with Crippen LogP contribution in [0.3, 0.4) is 0 Å². The topological polar surface area (TPSA) is 124 Å². The van der Waals surface area contributed by atoms with Gasteiger partial charge in [0.1, 0.15) is 0 Å². The second kappa shape index (κ2) is 6.34. The summed E-state index contributed by atoms with van der Waals surface area (Å²) in [7, 11) is 0. The Morgan fingerprint density at radius 1 is 1.00 bits per heavy atom. The Labute approximate surface area is 105 Å². The van der Waals surface area contributed by atoms with E-state index in [1.54, 1.807) is 20.8 Å². The predicted octanol–water partition coefficient (Wildman–Crippen LogP) is -3.66. The lowest BCUT2D eigenvalue weighted by Gasteiger charge is -2.36. The van der Waals surface area contributed by atoms with E-state index in [0.717, 1.165) is 4.90 Å². The van der Waals surface area contributed by atoms with Crippen molar-refractivity contribution in [3.8, 4) is 0 Å². The molecule has 0 aromatic rings. The molecule has 0 N–H and O–H groups in total. The highest BCUT2D eigenvalue weighted by Gasteiger charge is 2.25. The van der Waals surface area contributed by atoms with Crippen molar-refractivity contribution >= 4 is 17.9 Å². The first-order valence-corrected chi connectivity index (χ1v) is 5.37. The molecule has 0 aliphatic carbocycles. The standard InChI is InChI=1S/C11H19NO6/c1-11(2,3)4-7(10(17)18)12(5-8(13)14)6-9(15)16/h7H,4-6H2,1-3H3,(H,13,14)(H,15,16)(H,17,18)/p-3. The molecule has 0 spiro atoms. The SMILES string of the molecule is CC(C)(C)CC(C(=O)[O-])N(CC(=O)[O-])CC(=O)[O-]. The number of carbonyl (C=O) groups is 3. The van der Waals surface area contributed by atoms with Gasteiger partial charge in [0.05, 0.1) is 23.9 Å². The molecule has 0 fully saturated rings. The van der Waals surface area contributed by atoms with E-state index < -0.39 is 42.5 Å². The summed E-state index contributed by atoms with van der Waals surface area (Å²) in [6.07, 6.45) is 0.0515. The summed E-state index contributed by atoms with van der Waals surface area (Å²) in [5.41, 5.74) is -0.430. The van der Waals surface area contributed by atoms with Gasteiger partial charge in [0.25, 0.3) is 0 Å². The number of rotatable bonds is 7. The van der Waals surface area contributed by atoms with Crippen LogP contribution in [0.1, 0.15) is 27.2 Å². The zero-order valence-electron chi connectivity index (χ0n) is 10.6. The van der Waals surface area contributed by atoms with Crippen molar-refractivity contribution in [3.05, 3.63) is 0 Å². The van der Waals surface area contributed by atoms with Crippen molar-refractivity contribution < 1.29 is 29.7 Å². The van der Waals surface area contributed by atoms with Crippen molar-refractivity contribution in [3.63, 3.8) is 0 Å². The number of nitrogens with zero attached hydrogens (tertiary/aromatic N) is 1. The lowest BCUT2D eigenvalue weighted by atomic mass is 9.87. The van der Waals surface area contributed by atoms with Crippen LogP contribution in [0.15, 0.2) is 0 Å². The van der Waals surface area contributed by atoms with Crippen molar-refractivity contribution in [2.45, 2.75) is 33.2 Å². The van der Waals surface area contributed by atoms with Crippen molar-refractivity contribution in [1.29, 1.82) is 0 Å². The molecule has 0 heterocycles. The van der Waals surface area contributed by atoms with Crippen LogP contribution in [0.2, 0.25) is 0 Å². The lowest BCUT2D eigenvalue weighted by molar-refractivity contribution is -0.319. The van der Waals surface area contributed by atoms with Crippen molar-refractivity contribution in [1.82, 2.24) is 4.90 Å². The highest BCUT2D eigenvalue weighted by molar-refractivity contribution is 5.75. The lowest BCUT2D eigenvalue weighted by Crippen LogP contribution is -2.55. The van der Waals surface area contributed by atoms with Gasteiger partial charge in [-0.3, -0.25) is 4.90 Å². The molecule has 0 aromatic heterocycles. The van der Waals surface area contributed by atoms with Gasteiger partial charge >= 0.3 is 0 Å². The highest BCUT2D eigenvalue weighted by Crippen LogP contribution is 2.23. The zero-order valence-corrected chi connectivity index (χ0v) is 10.6. The maximum atomic E-state index is 11.0. The number of aliphatic carboxylic acids is 3. The molecule has 7 nitrogen and oxygen atoms in total. The van der Waals surface area contributed by atoms with Crippen LogP contribution in [0, 0.1) is 5.41 Å². The molecule has 0 aliphatic rings. The summed E-state index contributed by atoms with van der Waals surface area (Å²) >= 11 is 0. The number of carbonyl (C=O) groups excluding carboxylic acids is 3. The number of carboxylic acid groups (broad SMARTS) is 3. The van der Waals surface area contributed by atoms with E-state index in [1.807, 2.05) is 0 Å². The van der Waals surface area contributed by atoms with Gasteiger partial charge in [-0.25, -0.2) is 0 Å². The summed E-state index contributed by atoms with van der Waals surface area (Å²) in [6.45, 7) is 3.64. The Hall–Kier alpha value is -1.63. The van der Waals surface area contributed by atoms with E-state index in [4.69, 9.17) is 0 Å². The van der Waals surface area contributed by atoms with Crippen LogP contribution in [-0.4, -0.2) is 41.9 Å². The summed E-state index contributed by atoms with van der Waals surface area (Å²) in [5, 5.41) is 32.0. The molecule has 0 radical (unpaired) electrons. The molecular formula is C11H16NO6-3. The number of hydrogen-bond acceptors (Lipinski definition) is 7. The Bertz CT molecular complexity index is 317. The minimum Gasteiger partial charge on any atom is -0.549 e. The Balaban J connectivity index is 5.02. The molecule has 0 saturated heterocycles. The van der Waals surface area contributed by atoms with Gasteiger partial charge < -0.3 is 29.7 Å². The van der Waals surface area contributed by atoms with Crippen molar-refractivity contribution in [2.75, 3.05) is 13.1 Å². The van der Waals surface area contributed by atoms with E-state index in [2.05, 4.69) is 0 Å². The summed E-state index contributed by atoms with van der Waals surface area (Å²) < 4.78 is 0. The average Bonchev–Trinajstić information content (AvgIpc) is 2.09. The molecule has 1 atom stereocenters. The molecule has 0 aliphatic heterocycles. The fourth-order valence-corrected chi connectivity index (χ4v) is 1.55. The third-order valence-corrected chi connectivity index (χ3v) is 2.18. The smallest absolute Gasteiger partial charge is 0.0587 e. The van der Waals surface area contributed by atoms with E-state index in [1.165, 1.54) is 0 Å². The molecule has 0 rings (SSSR count). The normalized spacial score (nSPS) is 13.3. The van der Waals surface area contributed by atoms with Gasteiger partial charge in [-0.15, -0.1) is 0 Å². The van der Waals surface area contributed by atoms with E-state index in [-0.39, 0.29) is 6.42 Å². The highest BCUT2D eigenvalue weighted by atomic mass is 16.4. The monoisotopic (exact) mass is 258 g/mol. The molecule has 0 saturated carbocycles. The van der Waals surface area contributed by atoms with E-state index in [9.17, 15) is 29.7 Å². The fourth-order valence-electron chi connectivity index (χ4n) is 1.55. The first kappa shape index (κ1) is 16.4. The zero-order chi connectivity index (χ0) is 14.5. The van der Waals surface area contributed by atoms with Crippen LogP contribution >= 0.6 is 0 Å². The van der Waals surface area contributed by atoms with Crippen LogP contribution in [-0.2, 0) is 14.4 Å². The minimum absolute atomic E-state index is 0.0515. The third-order valence-electron chi connectivity index (χ3n) is 2.18. The minimum atomic E-state index is -1.56. The third kappa shape index (κ3) is 6.85. The summed E-state index contributed by atoms with van der Waals surface area (Å²) in [6, 6.07) is -1.32. The quantitative estimate of drug-likeness (QED) is 0.461. The second-order valence-electron chi connectivity index (χ2n) is 5.25. The molecule has 7 heteroatoms. The fraction of sp³-hybridized carbons (Fsp3) is 0.727. The van der Waals surface area contributed by atoms with Gasteiger partial charge in [-0.05, 0) is 11.8 Å². The summed E-state index contributed by atoms with van der Waals surface area (Å²) in [4.78, 5) is 32.8. The molecule has 104 valence electrons. The van der Waals surface area contributed by atoms with Gasteiger partial charge in [0, 0.05) is 13.1 Å². The number of hydrogen-bond donors (Lipinski definition) is 0. The first-order chi connectivity index (χ1) is 8.03. The largest absolute Gasteiger partial charge is 0.549 e. The van der Waals surface area contributed by atoms with Crippen LogP contribution in [0.25, 0.3) is 0 Å². The molecule has 0 amide bonds. The maximum Gasteiger partial charge on any atom is 0.0587 e. The van der Waals surface area contributed by atoms with E-state index in [0.29, 0.717) is 0 Å². The Morgan fingerprint density at radius 2 is 1.39 bits per heavy atom. The van der Waals surface area contributed by atoms with Crippen LogP contribution < -0.4 is 15.3 Å². The molecular weight excluding hydrogens is 242 g/mol.